The van der Waals surface area contributed by atoms with Gasteiger partial charge in [0, 0.05) is 13.0 Å². The molecule has 0 aliphatic heterocycles. The van der Waals surface area contributed by atoms with E-state index >= 15 is 0 Å². The van der Waals surface area contributed by atoms with Gasteiger partial charge in [-0.2, -0.15) is 0 Å². The number of carbonyl (C=O) groups is 1. The molecule has 0 radical (unpaired) electrons. The van der Waals surface area contributed by atoms with Crippen LogP contribution in [0, 0.1) is 0 Å². The first kappa shape index (κ1) is 13.5. The maximum absolute atomic E-state index is 11.6. The molecule has 0 bridgehead atoms. The predicted molar refractivity (Wildman–Crippen MR) is 69.1 cm³/mol. The molecule has 0 heterocycles. The summed E-state index contributed by atoms with van der Waals surface area (Å²) >= 11 is 0. The number of hydrogen-bond donors (Lipinski definition) is 0. The average Bonchev–Trinajstić information content (AvgIpc) is 2.26. The minimum atomic E-state index is -0.311. The van der Waals surface area contributed by atoms with Crippen molar-refractivity contribution in [2.45, 2.75) is 13.2 Å². The van der Waals surface area contributed by atoms with Crippen molar-refractivity contribution < 1.29 is 14.0 Å². The second kappa shape index (κ2) is 5.64. The Morgan fingerprint density at radius 3 is 2.35 bits per heavy atom. The summed E-state index contributed by atoms with van der Waals surface area (Å²) in [6.07, 6.45) is 3.05. The normalized spacial score (nSPS) is 13.6. The first-order chi connectivity index (χ1) is 7.89. The summed E-state index contributed by atoms with van der Waals surface area (Å²) in [4.78, 5) is 11.6. The Bertz CT molecular complexity index is 390. The molecule has 1 aromatic rings. The fraction of sp³-hybridized carbons (Fsp3) is 0.357. The summed E-state index contributed by atoms with van der Waals surface area (Å²) in [6.45, 7) is 1.88. The van der Waals surface area contributed by atoms with Crippen LogP contribution in [0.5, 0.6) is 0 Å². The largest absolute Gasteiger partial charge is 0.410 e. The fourth-order valence-electron chi connectivity index (χ4n) is 1.09. The third-order valence-corrected chi connectivity index (χ3v) is 2.59. The summed E-state index contributed by atoms with van der Waals surface area (Å²) in [5.41, 5.74) is 0.988. The molecule has 1 aromatic carbocycles. The van der Waals surface area contributed by atoms with Gasteiger partial charge in [-0.25, -0.2) is 4.79 Å². The van der Waals surface area contributed by atoms with Crippen molar-refractivity contribution in [1.82, 2.24) is 0 Å². The molecule has 0 saturated heterocycles. The highest BCUT2D eigenvalue weighted by molar-refractivity contribution is 5.87. The van der Waals surface area contributed by atoms with Crippen molar-refractivity contribution in [3.63, 3.8) is 0 Å². The maximum Gasteiger partial charge on any atom is 0.335 e. The smallest absolute Gasteiger partial charge is 0.335 e. The van der Waals surface area contributed by atoms with Gasteiger partial charge >= 0.3 is 5.97 Å². The van der Waals surface area contributed by atoms with Crippen molar-refractivity contribution >= 4 is 12.0 Å². The molecule has 0 aromatic heterocycles. The van der Waals surface area contributed by atoms with Gasteiger partial charge in [0.15, 0.2) is 0 Å². The van der Waals surface area contributed by atoms with Crippen LogP contribution in [0.25, 0.3) is 6.08 Å². The van der Waals surface area contributed by atoms with Crippen molar-refractivity contribution in [2.24, 2.45) is 0 Å². The average molecular weight is 234 g/mol. The van der Waals surface area contributed by atoms with Gasteiger partial charge in [-0.15, -0.1) is 0 Å². The van der Waals surface area contributed by atoms with Crippen molar-refractivity contribution in [1.29, 1.82) is 0 Å². The monoisotopic (exact) mass is 234 g/mol. The van der Waals surface area contributed by atoms with E-state index in [-0.39, 0.29) is 12.2 Å². The Kier molecular flexibility index (Phi) is 4.46. The van der Waals surface area contributed by atoms with Crippen LogP contribution < -0.4 is 0 Å². The lowest BCUT2D eigenvalue weighted by atomic mass is 10.2. The Morgan fingerprint density at radius 2 is 1.82 bits per heavy atom. The Hall–Kier alpha value is -1.61. The number of nitrogens with zero attached hydrogens (tertiary/aromatic N) is 1. The summed E-state index contributed by atoms with van der Waals surface area (Å²) < 4.78 is 5.87. The molecule has 3 heteroatoms. The summed E-state index contributed by atoms with van der Waals surface area (Å²) in [7, 11) is 5.95. The number of esters is 1. The molecule has 0 saturated carbocycles. The Labute approximate surface area is 103 Å². The lowest BCUT2D eigenvalue weighted by molar-refractivity contribution is -0.914. The molecular formula is C14H20NO2+. The van der Waals surface area contributed by atoms with Gasteiger partial charge in [-0.1, -0.05) is 30.3 Å². The molecule has 0 N–H and O–H groups in total. The van der Waals surface area contributed by atoms with Crippen molar-refractivity contribution in [2.75, 3.05) is 21.1 Å². The van der Waals surface area contributed by atoms with E-state index in [1.165, 1.54) is 6.08 Å². The van der Waals surface area contributed by atoms with E-state index in [9.17, 15) is 4.79 Å². The lowest BCUT2D eigenvalue weighted by Gasteiger charge is -2.30. The Balaban J connectivity index is 2.54. The van der Waals surface area contributed by atoms with Gasteiger partial charge < -0.3 is 4.74 Å². The minimum absolute atomic E-state index is 0.164. The number of benzene rings is 1. The molecule has 0 amide bonds. The number of carbonyl (C=O) groups excluding carboxylic acids is 1. The topological polar surface area (TPSA) is 26.3 Å². The van der Waals surface area contributed by atoms with Crippen LogP contribution in [0.1, 0.15) is 12.5 Å². The van der Waals surface area contributed by atoms with E-state index in [0.717, 1.165) is 5.56 Å². The van der Waals surface area contributed by atoms with E-state index in [1.807, 2.05) is 58.4 Å². The summed E-state index contributed by atoms with van der Waals surface area (Å²) in [5, 5.41) is 0. The Morgan fingerprint density at radius 1 is 1.24 bits per heavy atom. The van der Waals surface area contributed by atoms with Crippen LogP contribution in [-0.2, 0) is 9.53 Å². The zero-order chi connectivity index (χ0) is 12.9. The highest BCUT2D eigenvalue weighted by Gasteiger charge is 2.20. The van der Waals surface area contributed by atoms with Crippen LogP contribution in [-0.4, -0.2) is 37.8 Å². The highest BCUT2D eigenvalue weighted by Crippen LogP contribution is 2.06. The van der Waals surface area contributed by atoms with E-state index in [4.69, 9.17) is 4.74 Å². The molecule has 0 fully saturated rings. The van der Waals surface area contributed by atoms with Gasteiger partial charge in [0.05, 0.1) is 21.1 Å². The summed E-state index contributed by atoms with van der Waals surface area (Å²) in [6, 6.07) is 9.67. The van der Waals surface area contributed by atoms with Crippen molar-refractivity contribution in [3.8, 4) is 0 Å². The minimum Gasteiger partial charge on any atom is -0.410 e. The number of quaternary nitrogens is 1. The molecule has 0 spiro atoms. The second-order valence-electron chi connectivity index (χ2n) is 4.90. The molecule has 92 valence electrons. The van der Waals surface area contributed by atoms with Crippen LogP contribution in [0.3, 0.4) is 0 Å². The molecule has 0 aliphatic rings. The molecule has 3 nitrogen and oxygen atoms in total. The second-order valence-corrected chi connectivity index (χ2v) is 4.90. The molecule has 1 unspecified atom stereocenters. The van der Waals surface area contributed by atoms with E-state index in [1.54, 1.807) is 6.08 Å². The number of ether oxygens (including phenoxy) is 1. The van der Waals surface area contributed by atoms with Crippen LogP contribution in [0.2, 0.25) is 0 Å². The molecular weight excluding hydrogens is 214 g/mol. The fourth-order valence-corrected chi connectivity index (χ4v) is 1.09. The standard InChI is InChI=1S/C14H20NO2/c1-12(15(2,3)4)17-14(16)11-10-13-8-6-5-7-9-13/h5-12H,1-4H3/q+1. The van der Waals surface area contributed by atoms with Gasteiger partial charge in [0.2, 0.25) is 6.23 Å². The van der Waals surface area contributed by atoms with Crippen LogP contribution in [0.4, 0.5) is 0 Å². The molecule has 0 aliphatic carbocycles. The third-order valence-electron chi connectivity index (χ3n) is 2.59. The zero-order valence-corrected chi connectivity index (χ0v) is 10.9. The van der Waals surface area contributed by atoms with E-state index in [2.05, 4.69) is 0 Å². The SMILES string of the molecule is CC(OC(=O)C=Cc1ccccc1)[N+](C)(C)C. The first-order valence-electron chi connectivity index (χ1n) is 5.64. The van der Waals surface area contributed by atoms with E-state index < -0.39 is 0 Å². The maximum atomic E-state index is 11.6. The number of hydrogen-bond acceptors (Lipinski definition) is 2. The third kappa shape index (κ3) is 4.83. The summed E-state index contributed by atoms with van der Waals surface area (Å²) in [5.74, 6) is -0.311. The zero-order valence-electron chi connectivity index (χ0n) is 10.9. The quantitative estimate of drug-likeness (QED) is 0.346. The van der Waals surface area contributed by atoms with Gasteiger partial charge in [0.1, 0.15) is 0 Å². The van der Waals surface area contributed by atoms with Gasteiger partial charge in [-0.3, -0.25) is 4.48 Å². The van der Waals surface area contributed by atoms with E-state index in [0.29, 0.717) is 4.48 Å². The highest BCUT2D eigenvalue weighted by atomic mass is 16.6. The molecule has 1 rings (SSSR count). The number of rotatable bonds is 4. The van der Waals surface area contributed by atoms with Crippen LogP contribution in [0.15, 0.2) is 36.4 Å². The molecule has 17 heavy (non-hydrogen) atoms. The lowest BCUT2D eigenvalue weighted by Crippen LogP contribution is -2.45. The first-order valence-corrected chi connectivity index (χ1v) is 5.64. The predicted octanol–water partition coefficient (Wildman–Crippen LogP) is 2.30. The van der Waals surface area contributed by atoms with Crippen molar-refractivity contribution in [3.05, 3.63) is 42.0 Å². The molecule has 1 atom stereocenters. The van der Waals surface area contributed by atoms with Gasteiger partial charge in [0.25, 0.3) is 0 Å². The van der Waals surface area contributed by atoms with Gasteiger partial charge in [-0.05, 0) is 11.6 Å². The van der Waals surface area contributed by atoms with Crippen LogP contribution >= 0.6 is 0 Å².